The minimum absolute atomic E-state index is 0.228. The van der Waals surface area contributed by atoms with Crippen molar-refractivity contribution in [3.8, 4) is 0 Å². The Morgan fingerprint density at radius 2 is 1.22 bits per heavy atom. The lowest BCUT2D eigenvalue weighted by Crippen LogP contribution is -2.29. The highest BCUT2D eigenvalue weighted by Gasteiger charge is 2.14. The second-order valence-electron chi connectivity index (χ2n) is 8.21. The van der Waals surface area contributed by atoms with Crippen LogP contribution in [0.15, 0.2) is 71.7 Å². The summed E-state index contributed by atoms with van der Waals surface area (Å²) in [6.07, 6.45) is 0. The van der Waals surface area contributed by atoms with Gasteiger partial charge in [-0.25, -0.2) is 4.99 Å². The summed E-state index contributed by atoms with van der Waals surface area (Å²) in [5.41, 5.74) is 6.55. The van der Waals surface area contributed by atoms with Crippen LogP contribution in [0, 0.1) is 13.8 Å². The maximum Gasteiger partial charge on any atom is 0.291 e. The van der Waals surface area contributed by atoms with Crippen molar-refractivity contribution in [1.82, 2.24) is 0 Å². The molecule has 0 aromatic heterocycles. The van der Waals surface area contributed by atoms with E-state index in [1.807, 2.05) is 113 Å². The number of hydrogen-bond donors (Lipinski definition) is 2. The molecule has 1 amide bonds. The minimum Gasteiger partial charge on any atom is -0.378 e. The average molecular weight is 430 g/mol. The van der Waals surface area contributed by atoms with Gasteiger partial charge in [-0.2, -0.15) is 0 Å². The van der Waals surface area contributed by atoms with E-state index in [2.05, 4.69) is 21.7 Å². The van der Waals surface area contributed by atoms with Gasteiger partial charge in [0.05, 0.1) is 5.69 Å². The molecule has 0 radical (unpaired) electrons. The molecule has 0 bridgehead atoms. The lowest BCUT2D eigenvalue weighted by Gasteiger charge is -2.15. The van der Waals surface area contributed by atoms with Crippen molar-refractivity contribution in [2.24, 2.45) is 4.99 Å². The molecule has 3 rings (SSSR count). The zero-order valence-corrected chi connectivity index (χ0v) is 19.6. The van der Waals surface area contributed by atoms with Crippen molar-refractivity contribution in [2.75, 3.05) is 48.6 Å². The van der Waals surface area contributed by atoms with Crippen LogP contribution in [-0.4, -0.2) is 39.9 Å². The van der Waals surface area contributed by atoms with Crippen molar-refractivity contribution in [3.63, 3.8) is 0 Å². The van der Waals surface area contributed by atoms with Gasteiger partial charge in [-0.3, -0.25) is 4.79 Å². The number of amides is 1. The van der Waals surface area contributed by atoms with Crippen LogP contribution in [0.1, 0.15) is 11.1 Å². The summed E-state index contributed by atoms with van der Waals surface area (Å²) in [4.78, 5) is 21.9. The Kier molecular flexibility index (Phi) is 7.15. The first-order valence-corrected chi connectivity index (χ1v) is 10.5. The number of rotatable bonds is 5. The van der Waals surface area contributed by atoms with Gasteiger partial charge in [-0.15, -0.1) is 0 Å². The fourth-order valence-electron chi connectivity index (χ4n) is 3.20. The van der Waals surface area contributed by atoms with Crippen molar-refractivity contribution in [3.05, 3.63) is 77.9 Å². The summed E-state index contributed by atoms with van der Waals surface area (Å²) >= 11 is 0. The number of amidine groups is 1. The second kappa shape index (κ2) is 10.0. The van der Waals surface area contributed by atoms with Crippen molar-refractivity contribution in [2.45, 2.75) is 13.8 Å². The predicted molar refractivity (Wildman–Crippen MR) is 137 cm³/mol. The molecule has 32 heavy (non-hydrogen) atoms. The Morgan fingerprint density at radius 3 is 1.69 bits per heavy atom. The second-order valence-corrected chi connectivity index (χ2v) is 8.21. The number of benzene rings is 3. The van der Waals surface area contributed by atoms with E-state index in [1.54, 1.807) is 0 Å². The van der Waals surface area contributed by atoms with Crippen LogP contribution in [0.2, 0.25) is 0 Å². The quantitative estimate of drug-likeness (QED) is 0.431. The molecule has 0 heterocycles. The van der Waals surface area contributed by atoms with E-state index in [0.29, 0.717) is 5.69 Å². The van der Waals surface area contributed by atoms with Crippen LogP contribution >= 0.6 is 0 Å². The number of anilines is 4. The van der Waals surface area contributed by atoms with E-state index in [9.17, 15) is 4.79 Å². The molecule has 0 fully saturated rings. The Hall–Kier alpha value is -3.80. The summed E-state index contributed by atoms with van der Waals surface area (Å²) in [6, 6.07) is 21.5. The Labute approximate surface area is 190 Å². The molecule has 0 aliphatic carbocycles. The summed E-state index contributed by atoms with van der Waals surface area (Å²) in [7, 11) is 7.94. The highest BCUT2D eigenvalue weighted by molar-refractivity contribution is 6.46. The fourth-order valence-corrected chi connectivity index (χ4v) is 3.20. The normalized spacial score (nSPS) is 11.1. The van der Waals surface area contributed by atoms with Gasteiger partial charge in [0.1, 0.15) is 0 Å². The van der Waals surface area contributed by atoms with Gasteiger partial charge in [-0.05, 0) is 74.0 Å². The molecule has 0 saturated carbocycles. The highest BCUT2D eigenvalue weighted by atomic mass is 16.2. The first-order chi connectivity index (χ1) is 15.2. The number of aryl methyl sites for hydroxylation is 2. The maximum absolute atomic E-state index is 13.2. The predicted octanol–water partition coefficient (Wildman–Crippen LogP) is 5.22. The zero-order chi connectivity index (χ0) is 23.3. The zero-order valence-electron chi connectivity index (χ0n) is 19.6. The van der Waals surface area contributed by atoms with Gasteiger partial charge in [0.2, 0.25) is 0 Å². The van der Waals surface area contributed by atoms with Gasteiger partial charge in [0, 0.05) is 50.9 Å². The van der Waals surface area contributed by atoms with Crippen LogP contribution in [-0.2, 0) is 4.79 Å². The van der Waals surface area contributed by atoms with Crippen LogP contribution in [0.4, 0.5) is 28.4 Å². The van der Waals surface area contributed by atoms with Crippen LogP contribution in [0.25, 0.3) is 0 Å². The molecule has 2 N–H and O–H groups in total. The summed E-state index contributed by atoms with van der Waals surface area (Å²) in [5, 5.41) is 6.15. The Balaban J connectivity index is 1.89. The maximum atomic E-state index is 13.2. The molecule has 3 aromatic rings. The smallest absolute Gasteiger partial charge is 0.291 e. The molecule has 166 valence electrons. The van der Waals surface area contributed by atoms with Crippen molar-refractivity contribution < 1.29 is 4.79 Å². The molecule has 6 nitrogen and oxygen atoms in total. The number of nitrogens with zero attached hydrogens (tertiary/aromatic N) is 3. The standard InChI is InChI=1S/C26H31N5O/c1-18-7-16-24(19(2)17-18)29-25(27-20-8-12-22(13-9-20)30(3)4)26(32)28-21-10-14-23(15-11-21)31(5)6/h7-17H,1-6H3,(H,27,29)(H,28,32). The van der Waals surface area contributed by atoms with Crippen molar-refractivity contribution >= 4 is 40.2 Å². The minimum atomic E-state index is -0.306. The largest absolute Gasteiger partial charge is 0.378 e. The van der Waals surface area contributed by atoms with E-state index in [-0.39, 0.29) is 11.7 Å². The van der Waals surface area contributed by atoms with Crippen LogP contribution in [0.5, 0.6) is 0 Å². The molecule has 0 spiro atoms. The number of aliphatic imine (C=N–C) groups is 1. The average Bonchev–Trinajstić information content (AvgIpc) is 2.75. The first kappa shape index (κ1) is 22.9. The Bertz CT molecular complexity index is 1100. The molecule has 6 heteroatoms. The van der Waals surface area contributed by atoms with Gasteiger partial charge in [0.15, 0.2) is 5.84 Å². The number of hydrogen-bond acceptors (Lipinski definition) is 4. The Morgan fingerprint density at radius 1 is 0.719 bits per heavy atom. The molecular weight excluding hydrogens is 398 g/mol. The monoisotopic (exact) mass is 429 g/mol. The molecular formula is C26H31N5O. The van der Waals surface area contributed by atoms with E-state index in [1.165, 1.54) is 0 Å². The lowest BCUT2D eigenvalue weighted by molar-refractivity contribution is -0.110. The fraction of sp³-hybridized carbons (Fsp3) is 0.231. The lowest BCUT2D eigenvalue weighted by atomic mass is 10.1. The van der Waals surface area contributed by atoms with E-state index in [4.69, 9.17) is 0 Å². The van der Waals surface area contributed by atoms with E-state index >= 15 is 0 Å². The van der Waals surface area contributed by atoms with Crippen molar-refractivity contribution in [1.29, 1.82) is 0 Å². The summed E-state index contributed by atoms with van der Waals surface area (Å²) in [5.74, 6) is -0.0782. The topological polar surface area (TPSA) is 60.0 Å². The molecule has 0 saturated heterocycles. The van der Waals surface area contributed by atoms with E-state index < -0.39 is 0 Å². The molecule has 0 aliphatic heterocycles. The van der Waals surface area contributed by atoms with Gasteiger partial charge >= 0.3 is 0 Å². The molecule has 0 aliphatic rings. The van der Waals surface area contributed by atoms with Crippen LogP contribution in [0.3, 0.4) is 0 Å². The SMILES string of the molecule is Cc1ccc(N=C(Nc2ccc(N(C)C)cc2)C(=O)Nc2ccc(N(C)C)cc2)c(C)c1. The summed E-state index contributed by atoms with van der Waals surface area (Å²) in [6.45, 7) is 4.03. The number of nitrogens with one attached hydrogen (secondary N) is 2. The third-order valence-electron chi connectivity index (χ3n) is 5.09. The van der Waals surface area contributed by atoms with Crippen LogP contribution < -0.4 is 20.4 Å². The first-order valence-electron chi connectivity index (χ1n) is 10.5. The molecule has 0 unspecified atom stereocenters. The highest BCUT2D eigenvalue weighted by Crippen LogP contribution is 2.22. The molecule has 3 aromatic carbocycles. The number of carbonyl (C=O) groups is 1. The molecule has 0 atom stereocenters. The third-order valence-corrected chi connectivity index (χ3v) is 5.09. The summed E-state index contributed by atoms with van der Waals surface area (Å²) < 4.78 is 0. The van der Waals surface area contributed by atoms with Gasteiger partial charge in [0.25, 0.3) is 5.91 Å². The van der Waals surface area contributed by atoms with E-state index in [0.717, 1.165) is 33.9 Å². The number of carbonyl (C=O) groups excluding carboxylic acids is 1. The third kappa shape index (κ3) is 5.88. The van der Waals surface area contributed by atoms with Gasteiger partial charge < -0.3 is 20.4 Å². The van der Waals surface area contributed by atoms with Gasteiger partial charge in [-0.1, -0.05) is 17.7 Å².